The smallest absolute Gasteiger partial charge is 0.251 e. The van der Waals surface area contributed by atoms with Crippen LogP contribution in [-0.2, 0) is 10.0 Å². The van der Waals surface area contributed by atoms with Gasteiger partial charge in [0.1, 0.15) is 0 Å². The largest absolute Gasteiger partial charge is 0.349 e. The number of sulfonamides is 1. The molecular formula is C18H27N3O3S. The van der Waals surface area contributed by atoms with Gasteiger partial charge >= 0.3 is 0 Å². The third-order valence-corrected chi connectivity index (χ3v) is 6.96. The minimum atomic E-state index is -3.57. The van der Waals surface area contributed by atoms with Gasteiger partial charge in [-0.1, -0.05) is 19.4 Å². The van der Waals surface area contributed by atoms with Gasteiger partial charge in [0.05, 0.1) is 4.90 Å². The SMILES string of the molecule is CCNS(=O)(=O)c1cccc(C(=O)NC2C3CCCC2CC(N)C3)c1. The lowest BCUT2D eigenvalue weighted by molar-refractivity contribution is 0.0756. The van der Waals surface area contributed by atoms with Gasteiger partial charge in [0.2, 0.25) is 10.0 Å². The van der Waals surface area contributed by atoms with Crippen molar-refractivity contribution in [3.05, 3.63) is 29.8 Å². The Morgan fingerprint density at radius 1 is 1.24 bits per heavy atom. The average Bonchev–Trinajstić information content (AvgIpc) is 2.56. The zero-order valence-corrected chi connectivity index (χ0v) is 15.4. The van der Waals surface area contributed by atoms with Crippen molar-refractivity contribution in [1.82, 2.24) is 10.0 Å². The summed E-state index contributed by atoms with van der Waals surface area (Å²) in [5.74, 6) is 0.658. The van der Waals surface area contributed by atoms with Gasteiger partial charge in [0, 0.05) is 24.2 Å². The highest BCUT2D eigenvalue weighted by molar-refractivity contribution is 7.89. The molecule has 2 unspecified atom stereocenters. The van der Waals surface area contributed by atoms with Crippen molar-refractivity contribution < 1.29 is 13.2 Å². The number of carbonyl (C=O) groups excluding carboxylic acids is 1. The van der Waals surface area contributed by atoms with E-state index in [1.165, 1.54) is 18.6 Å². The summed E-state index contributed by atoms with van der Waals surface area (Å²) in [5, 5.41) is 3.16. The van der Waals surface area contributed by atoms with Crippen molar-refractivity contribution in [3.8, 4) is 0 Å². The summed E-state index contributed by atoms with van der Waals surface area (Å²) in [5.41, 5.74) is 6.52. The fourth-order valence-electron chi connectivity index (χ4n) is 4.34. The van der Waals surface area contributed by atoms with Crippen LogP contribution in [0.4, 0.5) is 0 Å². The molecule has 2 aliphatic carbocycles. The first-order chi connectivity index (χ1) is 11.9. The van der Waals surface area contributed by atoms with Gasteiger partial charge in [-0.05, 0) is 55.7 Å². The minimum Gasteiger partial charge on any atom is -0.349 e. The Bertz CT molecular complexity index is 721. The van der Waals surface area contributed by atoms with E-state index < -0.39 is 10.0 Å². The molecule has 1 aromatic carbocycles. The zero-order chi connectivity index (χ0) is 18.0. The molecule has 4 N–H and O–H groups in total. The molecule has 2 atom stereocenters. The fourth-order valence-corrected chi connectivity index (χ4v) is 5.42. The number of nitrogens with two attached hydrogens (primary N) is 1. The molecule has 7 heteroatoms. The van der Waals surface area contributed by atoms with E-state index in [0.717, 1.165) is 25.7 Å². The second-order valence-corrected chi connectivity index (χ2v) is 8.98. The normalized spacial score (nSPS) is 29.2. The van der Waals surface area contributed by atoms with Gasteiger partial charge in [0.25, 0.3) is 5.91 Å². The van der Waals surface area contributed by atoms with E-state index in [9.17, 15) is 13.2 Å². The number of benzene rings is 1. The molecule has 0 spiro atoms. The second-order valence-electron chi connectivity index (χ2n) is 7.21. The Morgan fingerprint density at radius 2 is 1.92 bits per heavy atom. The molecule has 0 aromatic heterocycles. The lowest BCUT2D eigenvalue weighted by Gasteiger charge is -2.45. The molecule has 0 radical (unpaired) electrons. The number of carbonyl (C=O) groups is 1. The summed E-state index contributed by atoms with van der Waals surface area (Å²) in [7, 11) is -3.57. The summed E-state index contributed by atoms with van der Waals surface area (Å²) in [6.45, 7) is 2.03. The van der Waals surface area contributed by atoms with E-state index in [1.54, 1.807) is 19.1 Å². The Kier molecular flexibility index (Phi) is 5.46. The predicted octanol–water partition coefficient (Wildman–Crippen LogP) is 1.62. The highest BCUT2D eigenvalue weighted by Crippen LogP contribution is 2.39. The molecule has 1 amide bonds. The molecule has 0 saturated heterocycles. The van der Waals surface area contributed by atoms with Gasteiger partial charge in [-0.3, -0.25) is 4.79 Å². The van der Waals surface area contributed by atoms with E-state index in [1.807, 2.05) is 0 Å². The first-order valence-electron chi connectivity index (χ1n) is 9.07. The first-order valence-corrected chi connectivity index (χ1v) is 10.5. The van der Waals surface area contributed by atoms with Crippen LogP contribution in [0.25, 0.3) is 0 Å². The maximum Gasteiger partial charge on any atom is 0.251 e. The summed E-state index contributed by atoms with van der Waals surface area (Å²) in [4.78, 5) is 12.8. The summed E-state index contributed by atoms with van der Waals surface area (Å²) in [6.07, 6.45) is 5.31. The van der Waals surface area contributed by atoms with Crippen LogP contribution in [0.3, 0.4) is 0 Å². The van der Waals surface area contributed by atoms with Gasteiger partial charge < -0.3 is 11.1 Å². The van der Waals surface area contributed by atoms with Crippen LogP contribution in [0.5, 0.6) is 0 Å². The molecule has 2 saturated carbocycles. The topological polar surface area (TPSA) is 101 Å². The number of hydrogen-bond acceptors (Lipinski definition) is 4. The number of fused-ring (bicyclic) bond motifs is 2. The number of rotatable bonds is 5. The molecule has 2 bridgehead atoms. The molecular weight excluding hydrogens is 338 g/mol. The van der Waals surface area contributed by atoms with E-state index in [-0.39, 0.29) is 22.9 Å². The Labute approximate surface area is 149 Å². The summed E-state index contributed by atoms with van der Waals surface area (Å²) >= 11 is 0. The molecule has 25 heavy (non-hydrogen) atoms. The zero-order valence-electron chi connectivity index (χ0n) is 14.6. The first kappa shape index (κ1) is 18.4. The van der Waals surface area contributed by atoms with Crippen LogP contribution in [-0.4, -0.2) is 33.0 Å². The van der Waals surface area contributed by atoms with Gasteiger partial charge in [-0.25, -0.2) is 13.1 Å². The quantitative estimate of drug-likeness (QED) is 0.738. The number of hydrogen-bond donors (Lipinski definition) is 3. The maximum atomic E-state index is 12.7. The Morgan fingerprint density at radius 3 is 2.56 bits per heavy atom. The van der Waals surface area contributed by atoms with Crippen molar-refractivity contribution in [3.63, 3.8) is 0 Å². The molecule has 2 fully saturated rings. The van der Waals surface area contributed by atoms with Crippen LogP contribution >= 0.6 is 0 Å². The van der Waals surface area contributed by atoms with Crippen molar-refractivity contribution >= 4 is 15.9 Å². The fraction of sp³-hybridized carbons (Fsp3) is 0.611. The summed E-state index contributed by atoms with van der Waals surface area (Å²) < 4.78 is 26.7. The van der Waals surface area contributed by atoms with Gasteiger partial charge in [-0.2, -0.15) is 0 Å². The maximum absolute atomic E-state index is 12.7. The molecule has 0 aliphatic heterocycles. The number of nitrogens with one attached hydrogen (secondary N) is 2. The standard InChI is InChI=1S/C18H27N3O3S/c1-2-20-25(23,24)16-8-4-7-14(11-16)18(22)21-17-12-5-3-6-13(17)10-15(19)9-12/h4,7-8,11-13,15,17,20H,2-3,5-6,9-10,19H2,1H3,(H,21,22). The Balaban J connectivity index is 1.76. The second kappa shape index (κ2) is 7.43. The van der Waals surface area contributed by atoms with Gasteiger partial charge in [-0.15, -0.1) is 0 Å². The van der Waals surface area contributed by atoms with Crippen molar-refractivity contribution in [2.75, 3.05) is 6.54 Å². The minimum absolute atomic E-state index is 0.118. The van der Waals surface area contributed by atoms with Gasteiger partial charge in [0.15, 0.2) is 0 Å². The van der Waals surface area contributed by atoms with Crippen LogP contribution in [0.15, 0.2) is 29.2 Å². The van der Waals surface area contributed by atoms with Crippen molar-refractivity contribution in [2.24, 2.45) is 17.6 Å². The van der Waals surface area contributed by atoms with E-state index in [2.05, 4.69) is 10.0 Å². The third-order valence-electron chi connectivity index (χ3n) is 5.42. The molecule has 2 aliphatic rings. The van der Waals surface area contributed by atoms with Crippen molar-refractivity contribution in [1.29, 1.82) is 0 Å². The molecule has 138 valence electrons. The number of amides is 1. The van der Waals surface area contributed by atoms with Crippen LogP contribution in [0.1, 0.15) is 49.4 Å². The summed E-state index contributed by atoms with van der Waals surface area (Å²) in [6, 6.07) is 6.59. The molecule has 1 aromatic rings. The molecule has 0 heterocycles. The Hall–Kier alpha value is -1.44. The molecule has 3 rings (SSSR count). The highest BCUT2D eigenvalue weighted by atomic mass is 32.2. The lowest BCUT2D eigenvalue weighted by atomic mass is 9.67. The van der Waals surface area contributed by atoms with E-state index in [0.29, 0.717) is 23.9 Å². The third kappa shape index (κ3) is 4.04. The predicted molar refractivity (Wildman–Crippen MR) is 96.6 cm³/mol. The highest BCUT2D eigenvalue weighted by Gasteiger charge is 2.40. The monoisotopic (exact) mass is 365 g/mol. The van der Waals surface area contributed by atoms with E-state index in [4.69, 9.17) is 5.73 Å². The average molecular weight is 365 g/mol. The van der Waals surface area contributed by atoms with Crippen LogP contribution in [0.2, 0.25) is 0 Å². The lowest BCUT2D eigenvalue weighted by Crippen LogP contribution is -2.53. The van der Waals surface area contributed by atoms with Crippen LogP contribution in [0, 0.1) is 11.8 Å². The van der Waals surface area contributed by atoms with Crippen LogP contribution < -0.4 is 15.8 Å². The molecule has 6 nitrogen and oxygen atoms in total. The van der Waals surface area contributed by atoms with Crippen molar-refractivity contribution in [2.45, 2.75) is 56.0 Å². The van der Waals surface area contributed by atoms with E-state index >= 15 is 0 Å².